The van der Waals surface area contributed by atoms with Crippen molar-refractivity contribution in [3.8, 4) is 0 Å². The van der Waals surface area contributed by atoms with E-state index in [1.54, 1.807) is 11.9 Å². The van der Waals surface area contributed by atoms with Crippen molar-refractivity contribution in [3.05, 3.63) is 65.7 Å². The molecule has 1 N–H and O–H groups in total. The van der Waals surface area contributed by atoms with Crippen LogP contribution < -0.4 is 9.62 Å². The number of thiazole rings is 1. The SMILES string of the molecule is CN(c1sc(S(=O)Nc2cccc(F)n2)nc1C(F)(F)F)C1CCN(Cc2ccccc2)CC1. The molecule has 0 bridgehead atoms. The van der Waals surface area contributed by atoms with E-state index in [-0.39, 0.29) is 21.2 Å². The number of pyridine rings is 1. The van der Waals surface area contributed by atoms with E-state index in [9.17, 15) is 21.8 Å². The zero-order chi connectivity index (χ0) is 24.3. The molecule has 0 amide bonds. The second-order valence-corrected chi connectivity index (χ2v) is 10.3. The number of nitrogens with zero attached hydrogens (tertiary/aromatic N) is 4. The van der Waals surface area contributed by atoms with Crippen LogP contribution in [0.4, 0.5) is 28.4 Å². The van der Waals surface area contributed by atoms with Gasteiger partial charge in [0.2, 0.25) is 10.3 Å². The normalized spacial score (nSPS) is 16.4. The van der Waals surface area contributed by atoms with E-state index in [0.717, 1.165) is 37.0 Å². The van der Waals surface area contributed by atoms with Gasteiger partial charge in [-0.1, -0.05) is 47.7 Å². The lowest BCUT2D eigenvalue weighted by Gasteiger charge is -2.37. The molecule has 1 saturated heterocycles. The molecule has 2 aromatic heterocycles. The van der Waals surface area contributed by atoms with Crippen LogP contribution in [-0.2, 0) is 23.7 Å². The van der Waals surface area contributed by atoms with Crippen LogP contribution in [0.2, 0.25) is 0 Å². The van der Waals surface area contributed by atoms with Gasteiger partial charge in [-0.25, -0.2) is 14.2 Å². The summed E-state index contributed by atoms with van der Waals surface area (Å²) >= 11 is 0.720. The second-order valence-electron chi connectivity index (χ2n) is 7.95. The van der Waals surface area contributed by atoms with E-state index in [1.165, 1.54) is 17.7 Å². The van der Waals surface area contributed by atoms with Gasteiger partial charge < -0.3 is 4.90 Å². The van der Waals surface area contributed by atoms with E-state index in [4.69, 9.17) is 0 Å². The molecule has 4 rings (SSSR count). The van der Waals surface area contributed by atoms with E-state index < -0.39 is 28.8 Å². The van der Waals surface area contributed by atoms with Gasteiger partial charge in [0.25, 0.3) is 0 Å². The zero-order valence-electron chi connectivity index (χ0n) is 18.3. The summed E-state index contributed by atoms with van der Waals surface area (Å²) in [6.07, 6.45) is -3.31. The lowest BCUT2D eigenvalue weighted by molar-refractivity contribution is -0.140. The van der Waals surface area contributed by atoms with Gasteiger partial charge in [0, 0.05) is 32.7 Å². The monoisotopic (exact) mass is 513 g/mol. The molecule has 3 aromatic rings. The highest BCUT2D eigenvalue weighted by atomic mass is 32.2. The first-order valence-corrected chi connectivity index (χ1v) is 12.6. The van der Waals surface area contributed by atoms with Gasteiger partial charge in [-0.3, -0.25) is 9.62 Å². The zero-order valence-corrected chi connectivity index (χ0v) is 19.9. The number of rotatable bonds is 7. The molecule has 1 aromatic carbocycles. The highest BCUT2D eigenvalue weighted by Gasteiger charge is 2.40. The molecule has 1 unspecified atom stereocenters. The summed E-state index contributed by atoms with van der Waals surface area (Å²) in [6, 6.07) is 13.8. The molecule has 1 aliphatic rings. The fraction of sp³-hybridized carbons (Fsp3) is 0.364. The number of likely N-dealkylation sites (tertiary alicyclic amines) is 1. The number of alkyl halides is 3. The van der Waals surface area contributed by atoms with Crippen molar-refractivity contribution < 1.29 is 21.8 Å². The molecular weight excluding hydrogens is 490 g/mol. The third-order valence-corrected chi connectivity index (χ3v) is 8.05. The Balaban J connectivity index is 1.47. The highest BCUT2D eigenvalue weighted by molar-refractivity contribution is 7.88. The molecule has 0 saturated carbocycles. The topological polar surface area (TPSA) is 61.4 Å². The number of aromatic nitrogens is 2. The predicted octanol–water partition coefficient (Wildman–Crippen LogP) is 4.93. The number of anilines is 2. The first-order chi connectivity index (χ1) is 16.2. The molecule has 1 aliphatic heterocycles. The molecule has 182 valence electrons. The number of piperidine rings is 1. The van der Waals surface area contributed by atoms with Crippen LogP contribution in [0.15, 0.2) is 52.9 Å². The lowest BCUT2D eigenvalue weighted by Crippen LogP contribution is -2.43. The maximum atomic E-state index is 13.8. The Bertz CT molecular complexity index is 1130. The second kappa shape index (κ2) is 10.4. The summed E-state index contributed by atoms with van der Waals surface area (Å²) in [7, 11) is -0.504. The number of benzene rings is 1. The maximum Gasteiger partial charge on any atom is 0.436 e. The first-order valence-electron chi connectivity index (χ1n) is 10.6. The molecule has 34 heavy (non-hydrogen) atoms. The van der Waals surface area contributed by atoms with Crippen molar-refractivity contribution in [1.82, 2.24) is 14.9 Å². The summed E-state index contributed by atoms with van der Waals surface area (Å²) in [6.45, 7) is 2.32. The molecule has 3 heterocycles. The average Bonchev–Trinajstić information content (AvgIpc) is 3.26. The minimum absolute atomic E-state index is 0.0530. The van der Waals surface area contributed by atoms with Crippen LogP contribution in [0, 0.1) is 5.95 Å². The molecule has 1 atom stereocenters. The van der Waals surface area contributed by atoms with E-state index >= 15 is 0 Å². The van der Waals surface area contributed by atoms with Crippen molar-refractivity contribution >= 4 is 33.1 Å². The summed E-state index contributed by atoms with van der Waals surface area (Å²) in [4.78, 5) is 11.1. The molecule has 6 nitrogen and oxygen atoms in total. The lowest BCUT2D eigenvalue weighted by atomic mass is 10.0. The Labute approximate surface area is 201 Å². The van der Waals surface area contributed by atoms with Crippen molar-refractivity contribution in [1.29, 1.82) is 0 Å². The Morgan fingerprint density at radius 3 is 2.47 bits per heavy atom. The van der Waals surface area contributed by atoms with Gasteiger partial charge in [-0.05, 0) is 30.5 Å². The number of hydrogen-bond donors (Lipinski definition) is 1. The van der Waals surface area contributed by atoms with Crippen LogP contribution >= 0.6 is 11.3 Å². The summed E-state index contributed by atoms with van der Waals surface area (Å²) < 4.78 is 69.4. The molecule has 0 aliphatic carbocycles. The fourth-order valence-corrected chi connectivity index (χ4v) is 5.96. The van der Waals surface area contributed by atoms with Crippen molar-refractivity contribution in [3.63, 3.8) is 0 Å². The Hall–Kier alpha value is -2.57. The van der Waals surface area contributed by atoms with Crippen LogP contribution in [0.25, 0.3) is 0 Å². The van der Waals surface area contributed by atoms with Crippen LogP contribution in [-0.4, -0.2) is 45.3 Å². The Morgan fingerprint density at radius 1 is 1.12 bits per heavy atom. The van der Waals surface area contributed by atoms with Gasteiger partial charge >= 0.3 is 6.18 Å². The minimum atomic E-state index is -4.70. The average molecular weight is 514 g/mol. The van der Waals surface area contributed by atoms with Gasteiger partial charge in [-0.2, -0.15) is 17.6 Å². The van der Waals surface area contributed by atoms with Crippen LogP contribution in [0.5, 0.6) is 0 Å². The summed E-state index contributed by atoms with van der Waals surface area (Å²) in [5.74, 6) is -0.848. The standard InChI is InChI=1S/C22H23F4N5OS2/c1-30(16-10-12-31(13-11-16)14-15-6-3-2-4-7-15)20-19(22(24,25)26)28-21(33-20)34(32)29-18-9-5-8-17(23)27-18/h2-9,16H,10-14H2,1H3,(H,27,29). The number of hydrogen-bond acceptors (Lipinski definition) is 6. The van der Waals surface area contributed by atoms with Gasteiger partial charge in [0.05, 0.1) is 0 Å². The first kappa shape index (κ1) is 24.6. The molecule has 0 spiro atoms. The third-order valence-electron chi connectivity index (χ3n) is 5.60. The van der Waals surface area contributed by atoms with E-state index in [1.807, 2.05) is 18.2 Å². The van der Waals surface area contributed by atoms with E-state index in [2.05, 4.69) is 31.7 Å². The van der Waals surface area contributed by atoms with Gasteiger partial charge in [0.15, 0.2) is 16.7 Å². The van der Waals surface area contributed by atoms with Crippen molar-refractivity contribution in [2.75, 3.05) is 29.8 Å². The largest absolute Gasteiger partial charge is 0.436 e. The highest BCUT2D eigenvalue weighted by Crippen LogP contribution is 2.42. The predicted molar refractivity (Wildman–Crippen MR) is 124 cm³/mol. The Kier molecular flexibility index (Phi) is 7.48. The smallest absolute Gasteiger partial charge is 0.362 e. The third kappa shape index (κ3) is 5.91. The summed E-state index contributed by atoms with van der Waals surface area (Å²) in [5, 5.41) is -0.0774. The Morgan fingerprint density at radius 2 is 1.82 bits per heavy atom. The van der Waals surface area contributed by atoms with Crippen LogP contribution in [0.1, 0.15) is 24.1 Å². The van der Waals surface area contributed by atoms with Gasteiger partial charge in [0.1, 0.15) is 10.8 Å². The van der Waals surface area contributed by atoms with Crippen molar-refractivity contribution in [2.24, 2.45) is 0 Å². The number of nitrogens with one attached hydrogen (secondary N) is 1. The quantitative estimate of drug-likeness (QED) is 0.359. The molecule has 0 radical (unpaired) electrons. The summed E-state index contributed by atoms with van der Waals surface area (Å²) in [5.41, 5.74) is 0.132. The maximum absolute atomic E-state index is 13.8. The van der Waals surface area contributed by atoms with Crippen molar-refractivity contribution in [2.45, 2.75) is 35.9 Å². The van der Waals surface area contributed by atoms with Crippen LogP contribution in [0.3, 0.4) is 0 Å². The van der Waals surface area contributed by atoms with E-state index in [0.29, 0.717) is 12.8 Å². The molecule has 1 fully saturated rings. The fourth-order valence-electron chi connectivity index (χ4n) is 3.87. The minimum Gasteiger partial charge on any atom is -0.362 e. The number of halogens is 4. The molecular formula is C22H23F4N5OS2. The van der Waals surface area contributed by atoms with Gasteiger partial charge in [-0.15, -0.1) is 0 Å². The molecule has 12 heteroatoms.